The number of pyridine rings is 1. The molecular weight excluding hydrogens is 468 g/mol. The fraction of sp³-hybridized carbons (Fsp3) is 0. The Labute approximate surface area is 194 Å². The Balaban J connectivity index is 1.52. The van der Waals surface area contributed by atoms with Gasteiger partial charge in [-0.15, -0.1) is 0 Å². The molecule has 0 atom stereocenters. The van der Waals surface area contributed by atoms with Gasteiger partial charge in [-0.05, 0) is 42.5 Å². The summed E-state index contributed by atoms with van der Waals surface area (Å²) in [5.74, 6) is 1.69. The Morgan fingerprint density at radius 1 is 0.909 bits per heavy atom. The van der Waals surface area contributed by atoms with Crippen LogP contribution < -0.4 is 25.1 Å². The summed E-state index contributed by atoms with van der Waals surface area (Å²) in [5.41, 5.74) is 7.62. The van der Waals surface area contributed by atoms with Gasteiger partial charge in [0.05, 0.1) is 5.69 Å². The van der Waals surface area contributed by atoms with Crippen molar-refractivity contribution < 1.29 is 17.3 Å². The highest BCUT2D eigenvalue weighted by molar-refractivity contribution is 7.84. The number of anilines is 3. The van der Waals surface area contributed by atoms with Crippen molar-refractivity contribution in [2.45, 2.75) is 0 Å². The fourth-order valence-electron chi connectivity index (χ4n) is 2.86. The molecule has 2 heterocycles. The van der Waals surface area contributed by atoms with Gasteiger partial charge in [0.2, 0.25) is 5.95 Å². The van der Waals surface area contributed by atoms with E-state index < -0.39 is 10.3 Å². The Bertz CT molecular complexity index is 1400. The van der Waals surface area contributed by atoms with E-state index in [-0.39, 0.29) is 11.7 Å². The number of benzene rings is 2. The molecule has 0 bridgehead atoms. The maximum Gasteiger partial charge on any atom is 0.380 e. The van der Waals surface area contributed by atoms with Gasteiger partial charge in [-0.3, -0.25) is 0 Å². The topological polar surface area (TPSA) is 155 Å². The summed E-state index contributed by atoms with van der Waals surface area (Å²) in [5, 5.41) is 8.41. The smallest absolute Gasteiger partial charge is 0.380 e. The summed E-state index contributed by atoms with van der Waals surface area (Å²) < 4.78 is 32.8. The van der Waals surface area contributed by atoms with Crippen LogP contribution in [0.15, 0.2) is 72.9 Å². The van der Waals surface area contributed by atoms with E-state index >= 15 is 0 Å². The van der Waals surface area contributed by atoms with Crippen molar-refractivity contribution in [1.82, 2.24) is 15.0 Å². The summed E-state index contributed by atoms with van der Waals surface area (Å²) in [6.07, 6.45) is 1.56. The van der Waals surface area contributed by atoms with Crippen LogP contribution in [0.5, 0.6) is 17.2 Å². The molecule has 0 spiro atoms. The van der Waals surface area contributed by atoms with Crippen molar-refractivity contribution in [3.8, 4) is 28.5 Å². The summed E-state index contributed by atoms with van der Waals surface area (Å²) in [6.45, 7) is 0. The van der Waals surface area contributed by atoms with Crippen LogP contribution in [0.1, 0.15) is 0 Å². The van der Waals surface area contributed by atoms with Crippen molar-refractivity contribution in [3.63, 3.8) is 0 Å². The second kappa shape index (κ2) is 9.28. The van der Waals surface area contributed by atoms with Crippen LogP contribution in [-0.4, -0.2) is 23.4 Å². The summed E-state index contributed by atoms with van der Waals surface area (Å²) in [6, 6.07) is 18.4. The highest BCUT2D eigenvalue weighted by Crippen LogP contribution is 2.28. The minimum atomic E-state index is -4.15. The number of hydrogen-bond donors (Lipinski definition) is 3. The zero-order chi connectivity index (χ0) is 23.4. The van der Waals surface area contributed by atoms with Crippen molar-refractivity contribution in [2.24, 2.45) is 5.14 Å². The maximum atomic E-state index is 11.2. The number of halogens is 1. The number of nitrogen functional groups attached to an aromatic ring is 1. The molecule has 33 heavy (non-hydrogen) atoms. The average molecular weight is 485 g/mol. The van der Waals surface area contributed by atoms with Crippen molar-refractivity contribution in [2.75, 3.05) is 11.1 Å². The molecule has 2 aromatic heterocycles. The van der Waals surface area contributed by atoms with E-state index in [2.05, 4.69) is 20.3 Å². The summed E-state index contributed by atoms with van der Waals surface area (Å²) in [7, 11) is -4.15. The van der Waals surface area contributed by atoms with Gasteiger partial charge in [-0.2, -0.15) is 18.5 Å². The second-order valence-electron chi connectivity index (χ2n) is 6.67. The first kappa shape index (κ1) is 22.3. The third-order valence-electron chi connectivity index (χ3n) is 4.15. The molecule has 0 fully saturated rings. The Morgan fingerprint density at radius 2 is 1.70 bits per heavy atom. The fourth-order valence-corrected chi connectivity index (χ4v) is 3.39. The number of nitrogens with two attached hydrogens (primary N) is 2. The monoisotopic (exact) mass is 484 g/mol. The Hall–Kier alpha value is -3.93. The molecule has 168 valence electrons. The molecule has 4 rings (SSSR count). The molecule has 0 saturated heterocycles. The van der Waals surface area contributed by atoms with Gasteiger partial charge in [0, 0.05) is 29.6 Å². The molecular formula is C21H17ClN6O4S. The highest BCUT2D eigenvalue weighted by atomic mass is 35.5. The quantitative estimate of drug-likeness (QED) is 0.331. The lowest BCUT2D eigenvalue weighted by Gasteiger charge is -2.11. The standard InChI is InChI=1S/C21H17ClN6O4S/c22-19-11-16(8-9-25-19)31-15-6-4-14(5-7-15)26-20-12-18(27-21(23)28-20)13-2-1-3-17(10-13)32-33(24,29)30/h1-12H,(H2,24,29,30)(H3,23,26,27,28). The lowest BCUT2D eigenvalue weighted by atomic mass is 10.1. The van der Waals surface area contributed by atoms with Crippen LogP contribution in [0.25, 0.3) is 11.3 Å². The first-order valence-electron chi connectivity index (χ1n) is 9.37. The first-order chi connectivity index (χ1) is 15.7. The number of nitrogens with zero attached hydrogens (tertiary/aromatic N) is 3. The van der Waals surface area contributed by atoms with E-state index in [4.69, 9.17) is 31.4 Å². The van der Waals surface area contributed by atoms with E-state index in [1.807, 2.05) is 0 Å². The largest absolute Gasteiger partial charge is 0.457 e. The summed E-state index contributed by atoms with van der Waals surface area (Å²) in [4.78, 5) is 12.3. The Morgan fingerprint density at radius 3 is 2.42 bits per heavy atom. The molecule has 0 aliphatic rings. The predicted molar refractivity (Wildman–Crippen MR) is 125 cm³/mol. The van der Waals surface area contributed by atoms with Crippen molar-refractivity contribution in [1.29, 1.82) is 0 Å². The average Bonchev–Trinajstić information content (AvgIpc) is 2.74. The van der Waals surface area contributed by atoms with Crippen LogP contribution in [-0.2, 0) is 10.3 Å². The number of ether oxygens (including phenoxy) is 1. The van der Waals surface area contributed by atoms with Gasteiger partial charge < -0.3 is 20.0 Å². The van der Waals surface area contributed by atoms with E-state index in [1.54, 1.807) is 60.8 Å². The van der Waals surface area contributed by atoms with E-state index in [0.717, 1.165) is 5.69 Å². The van der Waals surface area contributed by atoms with Gasteiger partial charge in [0.25, 0.3) is 0 Å². The van der Waals surface area contributed by atoms with Crippen LogP contribution in [0, 0.1) is 0 Å². The van der Waals surface area contributed by atoms with Crippen LogP contribution in [0.3, 0.4) is 0 Å². The SMILES string of the molecule is Nc1nc(Nc2ccc(Oc3ccnc(Cl)c3)cc2)cc(-c2cccc(OS(N)(=O)=O)c2)n1. The van der Waals surface area contributed by atoms with Gasteiger partial charge >= 0.3 is 10.3 Å². The van der Waals surface area contributed by atoms with Crippen molar-refractivity contribution in [3.05, 3.63) is 78.1 Å². The molecule has 0 unspecified atom stereocenters. The van der Waals surface area contributed by atoms with E-state index in [1.165, 1.54) is 12.1 Å². The van der Waals surface area contributed by atoms with Crippen molar-refractivity contribution >= 4 is 39.4 Å². The Kier molecular flexibility index (Phi) is 6.27. The molecule has 2 aromatic carbocycles. The molecule has 12 heteroatoms. The van der Waals surface area contributed by atoms with Crippen LogP contribution in [0.4, 0.5) is 17.5 Å². The number of nitrogens with one attached hydrogen (secondary N) is 1. The van der Waals surface area contributed by atoms with E-state index in [9.17, 15) is 8.42 Å². The minimum absolute atomic E-state index is 0.0299. The molecule has 0 saturated carbocycles. The highest BCUT2D eigenvalue weighted by Gasteiger charge is 2.10. The second-order valence-corrected chi connectivity index (χ2v) is 8.21. The predicted octanol–water partition coefficient (Wildman–Crippen LogP) is 3.89. The lowest BCUT2D eigenvalue weighted by Crippen LogP contribution is -2.18. The molecule has 0 radical (unpaired) electrons. The van der Waals surface area contributed by atoms with E-state index in [0.29, 0.717) is 33.7 Å². The number of aromatic nitrogens is 3. The number of rotatable bonds is 7. The molecule has 0 aliphatic heterocycles. The molecule has 0 aliphatic carbocycles. The van der Waals surface area contributed by atoms with Crippen LogP contribution >= 0.6 is 11.6 Å². The first-order valence-corrected chi connectivity index (χ1v) is 11.2. The molecule has 5 N–H and O–H groups in total. The van der Waals surface area contributed by atoms with Gasteiger partial charge in [-0.1, -0.05) is 23.7 Å². The lowest BCUT2D eigenvalue weighted by molar-refractivity contribution is 0.482. The summed E-state index contributed by atoms with van der Waals surface area (Å²) >= 11 is 5.87. The zero-order valence-corrected chi connectivity index (χ0v) is 18.4. The van der Waals surface area contributed by atoms with Gasteiger partial charge in [0.15, 0.2) is 0 Å². The minimum Gasteiger partial charge on any atom is -0.457 e. The molecule has 0 amide bonds. The normalized spacial score (nSPS) is 11.1. The number of hydrogen-bond acceptors (Lipinski definition) is 9. The van der Waals surface area contributed by atoms with Gasteiger partial charge in [0.1, 0.15) is 28.2 Å². The van der Waals surface area contributed by atoms with Gasteiger partial charge in [-0.25, -0.2) is 9.97 Å². The van der Waals surface area contributed by atoms with Crippen LogP contribution in [0.2, 0.25) is 5.15 Å². The maximum absolute atomic E-state index is 11.2. The molecule has 10 nitrogen and oxygen atoms in total. The zero-order valence-electron chi connectivity index (χ0n) is 16.8. The molecule has 4 aromatic rings. The third-order valence-corrected chi connectivity index (χ3v) is 4.78. The third kappa shape index (κ3) is 6.29.